The summed E-state index contributed by atoms with van der Waals surface area (Å²) < 4.78 is 43.8. The van der Waals surface area contributed by atoms with Crippen molar-refractivity contribution in [3.63, 3.8) is 0 Å². The molecule has 3 rings (SSSR count). The molecule has 3 aromatic rings. The Morgan fingerprint density at radius 1 is 1.11 bits per heavy atom. The van der Waals surface area contributed by atoms with Crippen molar-refractivity contribution in [2.75, 3.05) is 4.72 Å². The van der Waals surface area contributed by atoms with Gasteiger partial charge in [0.2, 0.25) is 0 Å². The second-order valence-electron chi connectivity index (χ2n) is 6.08. The molecule has 0 aliphatic rings. The van der Waals surface area contributed by atoms with E-state index in [0.29, 0.717) is 16.8 Å². The van der Waals surface area contributed by atoms with Gasteiger partial charge in [-0.05, 0) is 67.4 Å². The van der Waals surface area contributed by atoms with Crippen LogP contribution in [-0.2, 0) is 10.0 Å². The van der Waals surface area contributed by atoms with E-state index in [1.165, 1.54) is 24.3 Å². The molecule has 0 radical (unpaired) electrons. The molecule has 0 atom stereocenters. The average Bonchev–Trinajstić information content (AvgIpc) is 3.13. The number of aromatic carboxylic acids is 1. The maximum Gasteiger partial charge on any atom is 0.335 e. The summed E-state index contributed by atoms with van der Waals surface area (Å²) in [6.07, 6.45) is 3.49. The minimum Gasteiger partial charge on any atom is -0.478 e. The lowest BCUT2D eigenvalue weighted by Gasteiger charge is -2.14. The van der Waals surface area contributed by atoms with Crippen LogP contribution in [0, 0.1) is 19.7 Å². The molecule has 0 spiro atoms. The molecule has 2 N–H and O–H groups in total. The van der Waals surface area contributed by atoms with Gasteiger partial charge < -0.3 is 9.67 Å². The fourth-order valence-electron chi connectivity index (χ4n) is 2.69. The third-order valence-corrected chi connectivity index (χ3v) is 5.74. The van der Waals surface area contributed by atoms with E-state index < -0.39 is 21.8 Å². The Morgan fingerprint density at radius 2 is 1.78 bits per heavy atom. The van der Waals surface area contributed by atoms with E-state index in [0.717, 1.165) is 6.07 Å². The molecular formula is C19H17FN2O4S. The number of aryl methyl sites for hydroxylation is 1. The molecule has 0 aliphatic carbocycles. The van der Waals surface area contributed by atoms with E-state index in [9.17, 15) is 22.7 Å². The Labute approximate surface area is 155 Å². The summed E-state index contributed by atoms with van der Waals surface area (Å²) in [5.41, 5.74) is 1.11. The summed E-state index contributed by atoms with van der Waals surface area (Å²) in [4.78, 5) is 11.1. The highest BCUT2D eigenvalue weighted by Gasteiger charge is 2.22. The number of carboxylic acids is 1. The summed E-state index contributed by atoms with van der Waals surface area (Å²) in [6.45, 7) is 3.19. The second kappa shape index (κ2) is 6.88. The van der Waals surface area contributed by atoms with E-state index in [2.05, 4.69) is 4.72 Å². The maximum atomic E-state index is 14.2. The molecule has 0 amide bonds. The molecule has 0 saturated heterocycles. The number of hydrogen-bond donors (Lipinski definition) is 2. The minimum atomic E-state index is -4.19. The van der Waals surface area contributed by atoms with Gasteiger partial charge in [0.05, 0.1) is 16.1 Å². The monoisotopic (exact) mass is 388 g/mol. The standard InChI is InChI=1S/C19H17FN2O4S/c1-12-9-14(19(23)24)10-18(13(12)2)27(25,26)21-17-11-15(5-6-16(17)20)22-7-3-4-8-22/h3-11,21H,1-2H3,(H,23,24). The van der Waals surface area contributed by atoms with Crippen molar-refractivity contribution >= 4 is 21.7 Å². The zero-order valence-corrected chi connectivity index (χ0v) is 15.4. The number of rotatable bonds is 5. The number of nitrogens with zero attached hydrogens (tertiary/aromatic N) is 1. The molecule has 8 heteroatoms. The first-order chi connectivity index (χ1) is 12.7. The second-order valence-corrected chi connectivity index (χ2v) is 7.73. The van der Waals surface area contributed by atoms with Crippen LogP contribution < -0.4 is 4.72 Å². The molecule has 1 heterocycles. The van der Waals surface area contributed by atoms with Crippen molar-refractivity contribution in [2.45, 2.75) is 18.7 Å². The van der Waals surface area contributed by atoms with E-state index in [-0.39, 0.29) is 16.1 Å². The molecule has 6 nitrogen and oxygen atoms in total. The number of hydrogen-bond acceptors (Lipinski definition) is 3. The van der Waals surface area contributed by atoms with Crippen LogP contribution in [0.25, 0.3) is 5.69 Å². The topological polar surface area (TPSA) is 88.4 Å². The van der Waals surface area contributed by atoms with Gasteiger partial charge in [0.1, 0.15) is 5.82 Å². The highest BCUT2D eigenvalue weighted by Crippen LogP contribution is 2.26. The van der Waals surface area contributed by atoms with Crippen molar-refractivity contribution < 1.29 is 22.7 Å². The summed E-state index contributed by atoms with van der Waals surface area (Å²) in [5.74, 6) is -1.98. The van der Waals surface area contributed by atoms with Crippen LogP contribution in [0.2, 0.25) is 0 Å². The van der Waals surface area contributed by atoms with E-state index >= 15 is 0 Å². The number of nitrogens with one attached hydrogen (secondary N) is 1. The minimum absolute atomic E-state index is 0.153. The predicted molar refractivity (Wildman–Crippen MR) is 99.4 cm³/mol. The smallest absolute Gasteiger partial charge is 0.335 e. The highest BCUT2D eigenvalue weighted by atomic mass is 32.2. The van der Waals surface area contributed by atoms with Gasteiger partial charge in [-0.1, -0.05) is 0 Å². The van der Waals surface area contributed by atoms with Gasteiger partial charge in [-0.3, -0.25) is 4.72 Å². The first-order valence-electron chi connectivity index (χ1n) is 7.99. The first-order valence-corrected chi connectivity index (χ1v) is 9.47. The highest BCUT2D eigenvalue weighted by molar-refractivity contribution is 7.92. The Bertz CT molecular complexity index is 1120. The zero-order chi connectivity index (χ0) is 19.8. The Balaban J connectivity index is 2.05. The van der Waals surface area contributed by atoms with Gasteiger partial charge in [-0.15, -0.1) is 0 Å². The third kappa shape index (κ3) is 3.70. The normalized spacial score (nSPS) is 11.4. The molecule has 27 heavy (non-hydrogen) atoms. The lowest BCUT2D eigenvalue weighted by Crippen LogP contribution is -2.17. The molecule has 2 aromatic carbocycles. The molecule has 0 unspecified atom stereocenters. The van der Waals surface area contributed by atoms with Crippen LogP contribution in [0.3, 0.4) is 0 Å². The number of carboxylic acid groups (broad SMARTS) is 1. The SMILES string of the molecule is Cc1cc(C(=O)O)cc(S(=O)(=O)Nc2cc(-n3cccc3)ccc2F)c1C. The fourth-order valence-corrected chi connectivity index (χ4v) is 4.09. The quantitative estimate of drug-likeness (QED) is 0.697. The number of carbonyl (C=O) groups is 1. The molecular weight excluding hydrogens is 371 g/mol. The number of sulfonamides is 1. The zero-order valence-electron chi connectivity index (χ0n) is 14.6. The van der Waals surface area contributed by atoms with Crippen LogP contribution in [0.5, 0.6) is 0 Å². The van der Waals surface area contributed by atoms with Crippen molar-refractivity contribution in [3.8, 4) is 5.69 Å². The first kappa shape index (κ1) is 18.7. The summed E-state index contributed by atoms with van der Waals surface area (Å²) in [6, 6.07) is 10.1. The van der Waals surface area contributed by atoms with Crippen molar-refractivity contribution in [3.05, 3.63) is 77.4 Å². The van der Waals surface area contributed by atoms with Gasteiger partial charge in [0, 0.05) is 18.1 Å². The Hall–Kier alpha value is -3.13. The molecule has 0 aliphatic heterocycles. The Morgan fingerprint density at radius 3 is 2.41 bits per heavy atom. The van der Waals surface area contributed by atoms with Gasteiger partial charge >= 0.3 is 5.97 Å². The lowest BCUT2D eigenvalue weighted by atomic mass is 10.1. The molecule has 0 bridgehead atoms. The Kier molecular flexibility index (Phi) is 4.75. The van der Waals surface area contributed by atoms with Crippen molar-refractivity contribution in [1.82, 2.24) is 4.57 Å². The van der Waals surface area contributed by atoms with Gasteiger partial charge in [0.15, 0.2) is 0 Å². The average molecular weight is 388 g/mol. The molecule has 140 valence electrons. The summed E-state index contributed by atoms with van der Waals surface area (Å²) in [7, 11) is -4.19. The van der Waals surface area contributed by atoms with Crippen molar-refractivity contribution in [2.24, 2.45) is 0 Å². The number of aromatic nitrogens is 1. The van der Waals surface area contributed by atoms with Crippen LogP contribution in [-0.4, -0.2) is 24.1 Å². The van der Waals surface area contributed by atoms with Crippen molar-refractivity contribution in [1.29, 1.82) is 0 Å². The predicted octanol–water partition coefficient (Wildman–Crippen LogP) is 3.73. The summed E-state index contributed by atoms with van der Waals surface area (Å²) in [5, 5.41) is 9.19. The summed E-state index contributed by atoms with van der Waals surface area (Å²) >= 11 is 0. The molecule has 1 aromatic heterocycles. The molecule has 0 fully saturated rings. The fraction of sp³-hybridized carbons (Fsp3) is 0.105. The largest absolute Gasteiger partial charge is 0.478 e. The van der Waals surface area contributed by atoms with Crippen LogP contribution >= 0.6 is 0 Å². The maximum absolute atomic E-state index is 14.2. The van der Waals surface area contributed by atoms with Gasteiger partial charge in [0.25, 0.3) is 10.0 Å². The number of benzene rings is 2. The van der Waals surface area contributed by atoms with Crippen LogP contribution in [0.15, 0.2) is 59.8 Å². The number of halogens is 1. The lowest BCUT2D eigenvalue weighted by molar-refractivity contribution is 0.0696. The van der Waals surface area contributed by atoms with Crippen LogP contribution in [0.1, 0.15) is 21.5 Å². The van der Waals surface area contributed by atoms with Gasteiger partial charge in [-0.25, -0.2) is 17.6 Å². The number of anilines is 1. The van der Waals surface area contributed by atoms with Gasteiger partial charge in [-0.2, -0.15) is 0 Å². The van der Waals surface area contributed by atoms with Crippen LogP contribution in [0.4, 0.5) is 10.1 Å². The van der Waals surface area contributed by atoms with E-state index in [1.807, 2.05) is 0 Å². The third-order valence-electron chi connectivity index (χ3n) is 4.25. The van der Waals surface area contributed by atoms with E-state index in [4.69, 9.17) is 0 Å². The van der Waals surface area contributed by atoms with E-state index in [1.54, 1.807) is 42.9 Å². The molecule has 0 saturated carbocycles.